The zero-order valence-electron chi connectivity index (χ0n) is 16.0. The third-order valence-corrected chi connectivity index (χ3v) is 5.84. The van der Waals surface area contributed by atoms with Gasteiger partial charge in [-0.1, -0.05) is 12.1 Å². The van der Waals surface area contributed by atoms with Crippen LogP contribution in [0, 0.1) is 0 Å². The monoisotopic (exact) mass is 406 g/mol. The van der Waals surface area contributed by atoms with E-state index < -0.39 is 0 Å². The lowest BCUT2D eigenvalue weighted by atomic mass is 10.1. The number of hydrogen-bond acceptors (Lipinski definition) is 8. The number of anilines is 3. The molecule has 1 aromatic carbocycles. The highest BCUT2D eigenvalue weighted by Crippen LogP contribution is 2.39. The fraction of sp³-hybridized carbons (Fsp3) is 0.286. The molecule has 1 saturated heterocycles. The number of fused-ring (bicyclic) bond motifs is 1. The third-order valence-electron chi connectivity index (χ3n) is 5.31. The van der Waals surface area contributed by atoms with Crippen LogP contribution in [0.5, 0.6) is 0 Å². The number of ether oxygens (including phenoxy) is 1. The van der Waals surface area contributed by atoms with Crippen LogP contribution >= 0.6 is 11.9 Å². The van der Waals surface area contributed by atoms with Gasteiger partial charge in [-0.25, -0.2) is 4.98 Å². The molecule has 0 aliphatic carbocycles. The summed E-state index contributed by atoms with van der Waals surface area (Å²) in [5, 5.41) is 5.80. The standard InChI is InChI=1S/C21H22N6OS/c22-29-17-5-1-3-15(13-17)19-18-6-8-27(16-4-2-7-23-14-16)20(18)25-21(24-19)26-9-11-28-12-10-26/h1-5,7,13-14H,6,8-12,22H2. The summed E-state index contributed by atoms with van der Waals surface area (Å²) < 4.78 is 5.52. The van der Waals surface area contributed by atoms with Gasteiger partial charge in [0.25, 0.3) is 0 Å². The fourth-order valence-electron chi connectivity index (χ4n) is 3.87. The highest BCUT2D eigenvalue weighted by atomic mass is 32.2. The molecule has 1 fully saturated rings. The van der Waals surface area contributed by atoms with Crippen molar-refractivity contribution in [2.45, 2.75) is 11.3 Å². The van der Waals surface area contributed by atoms with Crippen LogP contribution in [0.4, 0.5) is 17.5 Å². The SMILES string of the molecule is NSc1cccc(-c2nc(N3CCOCC3)nc3c2CCN3c2cccnc2)c1. The number of morpholine rings is 1. The van der Waals surface area contributed by atoms with E-state index in [1.165, 1.54) is 17.5 Å². The van der Waals surface area contributed by atoms with Crippen LogP contribution in [0.1, 0.15) is 5.56 Å². The van der Waals surface area contributed by atoms with E-state index in [1.54, 1.807) is 6.20 Å². The second kappa shape index (κ2) is 7.98. The summed E-state index contributed by atoms with van der Waals surface area (Å²) in [6.07, 6.45) is 4.57. The Morgan fingerprint density at radius 2 is 1.93 bits per heavy atom. The Morgan fingerprint density at radius 1 is 1.03 bits per heavy atom. The van der Waals surface area contributed by atoms with Gasteiger partial charge in [0.2, 0.25) is 5.95 Å². The van der Waals surface area contributed by atoms with Gasteiger partial charge in [-0.2, -0.15) is 4.98 Å². The van der Waals surface area contributed by atoms with E-state index in [-0.39, 0.29) is 0 Å². The minimum Gasteiger partial charge on any atom is -0.378 e. The molecule has 2 aliphatic heterocycles. The largest absolute Gasteiger partial charge is 0.378 e. The molecular weight excluding hydrogens is 384 g/mol. The number of pyridine rings is 1. The summed E-state index contributed by atoms with van der Waals surface area (Å²) >= 11 is 1.25. The quantitative estimate of drug-likeness (QED) is 0.662. The van der Waals surface area contributed by atoms with Crippen molar-refractivity contribution in [1.82, 2.24) is 15.0 Å². The first-order valence-corrected chi connectivity index (χ1v) is 10.6. The zero-order valence-corrected chi connectivity index (χ0v) is 16.8. The molecule has 2 aliphatic rings. The van der Waals surface area contributed by atoms with Gasteiger partial charge in [-0.3, -0.25) is 10.1 Å². The van der Waals surface area contributed by atoms with Crippen molar-refractivity contribution in [3.05, 3.63) is 54.4 Å². The van der Waals surface area contributed by atoms with Crippen molar-refractivity contribution >= 4 is 29.4 Å². The Balaban J connectivity index is 1.65. The maximum atomic E-state index is 5.80. The number of aromatic nitrogens is 3. The molecule has 2 aromatic heterocycles. The Kier molecular flexibility index (Phi) is 5.05. The lowest BCUT2D eigenvalue weighted by Crippen LogP contribution is -2.37. The summed E-state index contributed by atoms with van der Waals surface area (Å²) in [7, 11) is 0. The van der Waals surface area contributed by atoms with E-state index in [0.717, 1.165) is 59.7 Å². The van der Waals surface area contributed by atoms with E-state index in [2.05, 4.69) is 33.0 Å². The number of nitrogens with two attached hydrogens (primary N) is 1. The maximum absolute atomic E-state index is 5.80. The van der Waals surface area contributed by atoms with Crippen LogP contribution < -0.4 is 14.9 Å². The number of benzene rings is 1. The van der Waals surface area contributed by atoms with E-state index in [9.17, 15) is 0 Å². The van der Waals surface area contributed by atoms with Gasteiger partial charge in [0.1, 0.15) is 5.82 Å². The minimum atomic E-state index is 0.696. The van der Waals surface area contributed by atoms with E-state index in [0.29, 0.717) is 13.2 Å². The minimum absolute atomic E-state index is 0.696. The molecule has 0 spiro atoms. The van der Waals surface area contributed by atoms with Crippen LogP contribution in [0.3, 0.4) is 0 Å². The van der Waals surface area contributed by atoms with Crippen LogP contribution in [0.15, 0.2) is 53.7 Å². The van der Waals surface area contributed by atoms with Gasteiger partial charge in [-0.05, 0) is 42.6 Å². The molecule has 7 nitrogen and oxygen atoms in total. The van der Waals surface area contributed by atoms with Crippen LogP contribution in [-0.2, 0) is 11.2 Å². The second-order valence-corrected chi connectivity index (χ2v) is 7.74. The molecule has 4 heterocycles. The molecule has 0 unspecified atom stereocenters. The predicted molar refractivity (Wildman–Crippen MR) is 115 cm³/mol. The predicted octanol–water partition coefficient (Wildman–Crippen LogP) is 3.04. The van der Waals surface area contributed by atoms with Gasteiger partial charge >= 0.3 is 0 Å². The lowest BCUT2D eigenvalue weighted by molar-refractivity contribution is 0.122. The topological polar surface area (TPSA) is 80.4 Å². The summed E-state index contributed by atoms with van der Waals surface area (Å²) in [4.78, 5) is 19.7. The smallest absolute Gasteiger partial charge is 0.228 e. The summed E-state index contributed by atoms with van der Waals surface area (Å²) in [5.74, 6) is 1.72. The average molecular weight is 407 g/mol. The van der Waals surface area contributed by atoms with Gasteiger partial charge in [0.15, 0.2) is 0 Å². The highest BCUT2D eigenvalue weighted by molar-refractivity contribution is 7.97. The van der Waals surface area contributed by atoms with E-state index in [1.807, 2.05) is 24.4 Å². The average Bonchev–Trinajstić information content (AvgIpc) is 3.24. The number of hydrogen-bond donors (Lipinski definition) is 1. The first-order valence-electron chi connectivity index (χ1n) is 9.72. The zero-order chi connectivity index (χ0) is 19.6. The summed E-state index contributed by atoms with van der Waals surface area (Å²) in [6.45, 7) is 3.84. The third kappa shape index (κ3) is 3.55. The maximum Gasteiger partial charge on any atom is 0.228 e. The Morgan fingerprint density at radius 3 is 2.72 bits per heavy atom. The van der Waals surface area contributed by atoms with E-state index >= 15 is 0 Å². The van der Waals surface area contributed by atoms with Gasteiger partial charge in [0.05, 0.1) is 30.8 Å². The van der Waals surface area contributed by atoms with Crippen LogP contribution in [-0.4, -0.2) is 47.8 Å². The van der Waals surface area contributed by atoms with Crippen molar-refractivity contribution < 1.29 is 4.74 Å². The lowest BCUT2D eigenvalue weighted by Gasteiger charge is -2.28. The first-order chi connectivity index (χ1) is 14.3. The summed E-state index contributed by atoms with van der Waals surface area (Å²) in [5.41, 5.74) is 4.28. The molecule has 8 heteroatoms. The van der Waals surface area contributed by atoms with Crippen molar-refractivity contribution in [3.63, 3.8) is 0 Å². The summed E-state index contributed by atoms with van der Waals surface area (Å²) in [6, 6.07) is 12.3. The Hall–Kier alpha value is -2.68. The van der Waals surface area contributed by atoms with Crippen LogP contribution in [0.2, 0.25) is 0 Å². The number of rotatable bonds is 4. The molecule has 3 aromatic rings. The van der Waals surface area contributed by atoms with Gasteiger partial charge in [-0.15, -0.1) is 0 Å². The molecule has 148 valence electrons. The molecule has 29 heavy (non-hydrogen) atoms. The van der Waals surface area contributed by atoms with Crippen molar-refractivity contribution in [3.8, 4) is 11.3 Å². The van der Waals surface area contributed by atoms with Crippen LogP contribution in [0.25, 0.3) is 11.3 Å². The normalized spacial score (nSPS) is 16.2. The second-order valence-electron chi connectivity index (χ2n) is 7.03. The first kappa shape index (κ1) is 18.4. The molecular formula is C21H22N6OS. The fourth-order valence-corrected chi connectivity index (χ4v) is 4.22. The molecule has 0 amide bonds. The Bertz CT molecular complexity index is 1010. The van der Waals surface area contributed by atoms with E-state index in [4.69, 9.17) is 19.8 Å². The molecule has 0 bridgehead atoms. The molecule has 5 rings (SSSR count). The molecule has 0 saturated carbocycles. The van der Waals surface area contributed by atoms with Crippen molar-refractivity contribution in [2.24, 2.45) is 5.14 Å². The van der Waals surface area contributed by atoms with Gasteiger partial charge in [0, 0.05) is 41.9 Å². The molecule has 2 N–H and O–H groups in total. The number of nitrogens with zero attached hydrogens (tertiary/aromatic N) is 5. The molecule has 0 atom stereocenters. The Labute approximate surface area is 174 Å². The van der Waals surface area contributed by atoms with Crippen molar-refractivity contribution in [1.29, 1.82) is 0 Å². The van der Waals surface area contributed by atoms with Gasteiger partial charge < -0.3 is 14.5 Å². The van der Waals surface area contributed by atoms with Crippen molar-refractivity contribution in [2.75, 3.05) is 42.6 Å². The molecule has 0 radical (unpaired) electrons. The highest BCUT2D eigenvalue weighted by Gasteiger charge is 2.29.